The van der Waals surface area contributed by atoms with Crippen LogP contribution < -0.4 is 5.73 Å². The third-order valence-electron chi connectivity index (χ3n) is 4.60. The number of hydrogen-bond donors (Lipinski definition) is 1. The van der Waals surface area contributed by atoms with Crippen LogP contribution in [-0.4, -0.2) is 4.57 Å². The highest BCUT2D eigenvalue weighted by molar-refractivity contribution is 5.42. The summed E-state index contributed by atoms with van der Waals surface area (Å²) in [6.45, 7) is 6.86. The molecule has 0 saturated heterocycles. The molecule has 1 aliphatic rings. The van der Waals surface area contributed by atoms with Gasteiger partial charge in [-0.1, -0.05) is 39.3 Å². The van der Waals surface area contributed by atoms with Gasteiger partial charge in [0.2, 0.25) is 0 Å². The zero-order valence-electron chi connectivity index (χ0n) is 13.4. The Balaban J connectivity index is 1.97. The third kappa shape index (κ3) is 2.77. The minimum Gasteiger partial charge on any atom is -0.324 e. The lowest BCUT2D eigenvalue weighted by atomic mass is 9.74. The van der Waals surface area contributed by atoms with Crippen LogP contribution in [0, 0.1) is 5.41 Å². The minimum atomic E-state index is 0.171. The molecule has 112 valence electrons. The second-order valence-corrected chi connectivity index (χ2v) is 7.16. The Bertz CT molecular complexity index is 620. The van der Waals surface area contributed by atoms with Gasteiger partial charge in [-0.2, -0.15) is 0 Å². The van der Waals surface area contributed by atoms with Crippen LogP contribution in [0.15, 0.2) is 36.5 Å². The number of fused-ring (bicyclic) bond motifs is 1. The standard InChI is InChI=1S/C19H26N2/c1-4-5-14-6-8-15(9-7-14)21-11-10-16-17(20)12-19(2,3)13-18(16)21/h6-11,17H,4-5,12-13,20H2,1-3H3. The molecule has 3 rings (SSSR count). The highest BCUT2D eigenvalue weighted by atomic mass is 15.0. The van der Waals surface area contributed by atoms with Crippen molar-refractivity contribution in [3.05, 3.63) is 53.3 Å². The molecule has 1 aliphatic carbocycles. The van der Waals surface area contributed by atoms with Crippen molar-refractivity contribution in [1.29, 1.82) is 0 Å². The van der Waals surface area contributed by atoms with E-state index in [9.17, 15) is 0 Å². The maximum absolute atomic E-state index is 6.36. The maximum Gasteiger partial charge on any atom is 0.0452 e. The highest BCUT2D eigenvalue weighted by Gasteiger charge is 2.32. The summed E-state index contributed by atoms with van der Waals surface area (Å²) >= 11 is 0. The van der Waals surface area contributed by atoms with Gasteiger partial charge in [-0.15, -0.1) is 0 Å². The van der Waals surface area contributed by atoms with Crippen molar-refractivity contribution in [1.82, 2.24) is 4.57 Å². The minimum absolute atomic E-state index is 0.171. The van der Waals surface area contributed by atoms with Crippen LogP contribution in [0.1, 0.15) is 56.5 Å². The number of benzene rings is 1. The van der Waals surface area contributed by atoms with Gasteiger partial charge in [-0.3, -0.25) is 0 Å². The number of aryl methyl sites for hydroxylation is 1. The molecule has 1 heterocycles. The summed E-state index contributed by atoms with van der Waals surface area (Å²) in [5.41, 5.74) is 12.0. The summed E-state index contributed by atoms with van der Waals surface area (Å²) < 4.78 is 2.33. The third-order valence-corrected chi connectivity index (χ3v) is 4.60. The number of rotatable bonds is 3. The number of nitrogens with zero attached hydrogens (tertiary/aromatic N) is 1. The van der Waals surface area contributed by atoms with E-state index in [0.717, 1.165) is 19.3 Å². The molecule has 2 heteroatoms. The van der Waals surface area contributed by atoms with Crippen LogP contribution in [0.25, 0.3) is 5.69 Å². The largest absolute Gasteiger partial charge is 0.324 e. The Morgan fingerprint density at radius 1 is 1.19 bits per heavy atom. The topological polar surface area (TPSA) is 30.9 Å². The van der Waals surface area contributed by atoms with Gasteiger partial charge >= 0.3 is 0 Å². The van der Waals surface area contributed by atoms with Gasteiger partial charge in [0.05, 0.1) is 0 Å². The lowest BCUT2D eigenvalue weighted by Gasteiger charge is -2.34. The molecule has 21 heavy (non-hydrogen) atoms. The van der Waals surface area contributed by atoms with Crippen LogP contribution in [0.4, 0.5) is 0 Å². The van der Waals surface area contributed by atoms with Gasteiger partial charge in [0.15, 0.2) is 0 Å². The fourth-order valence-electron chi connectivity index (χ4n) is 3.59. The van der Waals surface area contributed by atoms with Crippen molar-refractivity contribution in [3.8, 4) is 5.69 Å². The molecule has 2 nitrogen and oxygen atoms in total. The second-order valence-electron chi connectivity index (χ2n) is 7.16. The predicted molar refractivity (Wildman–Crippen MR) is 88.8 cm³/mol. The Labute approximate surface area is 128 Å². The highest BCUT2D eigenvalue weighted by Crippen LogP contribution is 2.40. The van der Waals surface area contributed by atoms with Crippen molar-refractivity contribution in [2.75, 3.05) is 0 Å². The number of hydrogen-bond acceptors (Lipinski definition) is 1. The van der Waals surface area contributed by atoms with Crippen LogP contribution in [-0.2, 0) is 12.8 Å². The monoisotopic (exact) mass is 282 g/mol. The smallest absolute Gasteiger partial charge is 0.0452 e. The van der Waals surface area contributed by atoms with E-state index >= 15 is 0 Å². The predicted octanol–water partition coefficient (Wildman–Crippen LogP) is 4.40. The zero-order chi connectivity index (χ0) is 15.0. The van der Waals surface area contributed by atoms with Crippen LogP contribution >= 0.6 is 0 Å². The van der Waals surface area contributed by atoms with Crippen LogP contribution in [0.2, 0.25) is 0 Å². The van der Waals surface area contributed by atoms with E-state index in [1.165, 1.54) is 28.9 Å². The van der Waals surface area contributed by atoms with Gasteiger partial charge in [-0.05, 0) is 54.0 Å². The van der Waals surface area contributed by atoms with E-state index in [4.69, 9.17) is 5.73 Å². The maximum atomic E-state index is 6.36. The normalized spacial score (nSPS) is 20.3. The van der Waals surface area contributed by atoms with E-state index in [-0.39, 0.29) is 11.5 Å². The average Bonchev–Trinajstić information content (AvgIpc) is 2.82. The zero-order valence-corrected chi connectivity index (χ0v) is 13.4. The average molecular weight is 282 g/mol. The summed E-state index contributed by atoms with van der Waals surface area (Å²) in [4.78, 5) is 0. The molecular weight excluding hydrogens is 256 g/mol. The summed E-state index contributed by atoms with van der Waals surface area (Å²) in [5.74, 6) is 0. The van der Waals surface area contributed by atoms with Crippen molar-refractivity contribution in [2.24, 2.45) is 11.1 Å². The molecule has 1 atom stereocenters. The summed E-state index contributed by atoms with van der Waals surface area (Å²) in [6, 6.07) is 11.3. The van der Waals surface area contributed by atoms with Gasteiger partial charge < -0.3 is 10.3 Å². The summed E-state index contributed by atoms with van der Waals surface area (Å²) in [7, 11) is 0. The number of nitrogens with two attached hydrogens (primary N) is 1. The van der Waals surface area contributed by atoms with Gasteiger partial charge in [-0.25, -0.2) is 0 Å². The molecule has 1 aromatic carbocycles. The Hall–Kier alpha value is -1.54. The van der Waals surface area contributed by atoms with Gasteiger partial charge in [0, 0.05) is 23.6 Å². The van der Waals surface area contributed by atoms with Crippen LogP contribution in [0.3, 0.4) is 0 Å². The van der Waals surface area contributed by atoms with E-state index in [2.05, 4.69) is 61.9 Å². The molecule has 0 bridgehead atoms. The first-order chi connectivity index (χ1) is 10.00. The van der Waals surface area contributed by atoms with Gasteiger partial charge in [0.1, 0.15) is 0 Å². The van der Waals surface area contributed by atoms with E-state index < -0.39 is 0 Å². The fourth-order valence-corrected chi connectivity index (χ4v) is 3.59. The molecule has 0 saturated carbocycles. The molecule has 0 radical (unpaired) electrons. The van der Waals surface area contributed by atoms with Crippen molar-refractivity contribution < 1.29 is 0 Å². The summed E-state index contributed by atoms with van der Waals surface area (Å²) in [6.07, 6.45) is 6.70. The molecule has 1 aromatic heterocycles. The first kappa shape index (κ1) is 14.4. The van der Waals surface area contributed by atoms with Gasteiger partial charge in [0.25, 0.3) is 0 Å². The first-order valence-corrected chi connectivity index (χ1v) is 8.05. The lowest BCUT2D eigenvalue weighted by Crippen LogP contribution is -2.30. The van der Waals surface area contributed by atoms with Crippen LogP contribution in [0.5, 0.6) is 0 Å². The quantitative estimate of drug-likeness (QED) is 0.888. The Morgan fingerprint density at radius 2 is 1.90 bits per heavy atom. The molecule has 2 N–H and O–H groups in total. The van der Waals surface area contributed by atoms with E-state index in [0.29, 0.717) is 0 Å². The molecule has 0 spiro atoms. The SMILES string of the molecule is CCCc1ccc(-n2ccc3c2CC(C)(C)CC3N)cc1. The van der Waals surface area contributed by atoms with E-state index in [1.807, 2.05) is 0 Å². The molecule has 0 fully saturated rings. The summed E-state index contributed by atoms with van der Waals surface area (Å²) in [5, 5.41) is 0. The molecular formula is C19H26N2. The lowest BCUT2D eigenvalue weighted by molar-refractivity contribution is 0.278. The number of aromatic nitrogens is 1. The van der Waals surface area contributed by atoms with Crippen molar-refractivity contribution >= 4 is 0 Å². The second kappa shape index (κ2) is 5.34. The molecule has 1 unspecified atom stereocenters. The molecule has 0 amide bonds. The fraction of sp³-hybridized carbons (Fsp3) is 0.474. The van der Waals surface area contributed by atoms with E-state index in [1.54, 1.807) is 0 Å². The molecule has 2 aromatic rings. The molecule has 0 aliphatic heterocycles. The van der Waals surface area contributed by atoms with Crippen molar-refractivity contribution in [3.63, 3.8) is 0 Å². The Kier molecular flexibility index (Phi) is 3.66. The Morgan fingerprint density at radius 3 is 2.57 bits per heavy atom. The van der Waals surface area contributed by atoms with Crippen molar-refractivity contribution in [2.45, 2.75) is 52.5 Å². The first-order valence-electron chi connectivity index (χ1n) is 8.05.